The van der Waals surface area contributed by atoms with Crippen molar-refractivity contribution in [2.24, 2.45) is 0 Å². The van der Waals surface area contributed by atoms with Crippen LogP contribution in [0.25, 0.3) is 22.9 Å². The molecule has 0 saturated carbocycles. The van der Waals surface area contributed by atoms with Gasteiger partial charge in [-0.3, -0.25) is 9.59 Å². The van der Waals surface area contributed by atoms with Crippen molar-refractivity contribution >= 4 is 29.1 Å². The maximum atomic E-state index is 13.0. The highest BCUT2D eigenvalue weighted by molar-refractivity contribution is 8.00. The zero-order valence-electron chi connectivity index (χ0n) is 16.4. The number of anilines is 1. The molecule has 4 aromatic rings. The molecule has 0 saturated heterocycles. The Morgan fingerprint density at radius 3 is 2.52 bits per heavy atom. The second-order valence-corrected chi connectivity index (χ2v) is 8.28. The Hall–Kier alpha value is -3.72. The van der Waals surface area contributed by atoms with E-state index in [0.29, 0.717) is 33.6 Å². The Balaban J connectivity index is 1.41. The number of fused-ring (bicyclic) bond motifs is 1. The third kappa shape index (κ3) is 3.75. The molecule has 1 aliphatic rings. The molecule has 154 valence electrons. The predicted molar refractivity (Wildman–Crippen MR) is 114 cm³/mol. The SMILES string of the molecule is C[C@@H](Sc1nnc(-c2ccco2)c(-c2ccco2)n1)C(=O)c1ccc2c(c1)CC(=O)N2. The summed E-state index contributed by atoms with van der Waals surface area (Å²) < 4.78 is 10.9. The lowest BCUT2D eigenvalue weighted by atomic mass is 10.0. The van der Waals surface area contributed by atoms with E-state index in [1.807, 2.05) is 0 Å². The van der Waals surface area contributed by atoms with Gasteiger partial charge in [-0.1, -0.05) is 11.8 Å². The lowest BCUT2D eigenvalue weighted by molar-refractivity contribution is -0.115. The number of hydrogen-bond donors (Lipinski definition) is 1. The van der Waals surface area contributed by atoms with E-state index in [4.69, 9.17) is 8.83 Å². The summed E-state index contributed by atoms with van der Waals surface area (Å²) in [6, 6.07) is 12.3. The number of carbonyl (C=O) groups is 2. The molecule has 31 heavy (non-hydrogen) atoms. The van der Waals surface area contributed by atoms with Crippen LogP contribution in [0.5, 0.6) is 0 Å². The second-order valence-electron chi connectivity index (χ2n) is 6.97. The third-order valence-corrected chi connectivity index (χ3v) is 5.79. The van der Waals surface area contributed by atoms with Gasteiger partial charge in [0.1, 0.15) is 5.69 Å². The number of thioether (sulfide) groups is 1. The molecule has 0 radical (unpaired) electrons. The molecule has 1 N–H and O–H groups in total. The Morgan fingerprint density at radius 1 is 1.06 bits per heavy atom. The summed E-state index contributed by atoms with van der Waals surface area (Å²) in [6.45, 7) is 1.79. The highest BCUT2D eigenvalue weighted by Crippen LogP contribution is 2.32. The van der Waals surface area contributed by atoms with Crippen molar-refractivity contribution in [1.82, 2.24) is 15.2 Å². The molecule has 3 aromatic heterocycles. The van der Waals surface area contributed by atoms with Crippen LogP contribution in [0.1, 0.15) is 22.8 Å². The van der Waals surface area contributed by atoms with Crippen LogP contribution in [0.4, 0.5) is 5.69 Å². The zero-order valence-corrected chi connectivity index (χ0v) is 17.2. The highest BCUT2D eigenvalue weighted by atomic mass is 32.2. The van der Waals surface area contributed by atoms with Crippen LogP contribution in [-0.2, 0) is 11.2 Å². The summed E-state index contributed by atoms with van der Waals surface area (Å²) in [6.07, 6.45) is 3.38. The number of furan rings is 2. The summed E-state index contributed by atoms with van der Waals surface area (Å²) >= 11 is 1.21. The van der Waals surface area contributed by atoms with Gasteiger partial charge in [0.2, 0.25) is 11.1 Å². The number of nitrogens with zero attached hydrogens (tertiary/aromatic N) is 3. The Morgan fingerprint density at radius 2 is 1.81 bits per heavy atom. The van der Waals surface area contributed by atoms with Crippen molar-refractivity contribution in [1.29, 1.82) is 0 Å². The molecule has 0 unspecified atom stereocenters. The largest absolute Gasteiger partial charge is 0.463 e. The van der Waals surface area contributed by atoms with E-state index in [9.17, 15) is 9.59 Å². The fraction of sp³-hybridized carbons (Fsp3) is 0.136. The summed E-state index contributed by atoms with van der Waals surface area (Å²) in [7, 11) is 0. The number of ketones is 1. The van der Waals surface area contributed by atoms with E-state index in [1.54, 1.807) is 61.9 Å². The number of Topliss-reactive ketones (excluding diaryl/α,β-unsaturated/α-hetero) is 1. The van der Waals surface area contributed by atoms with Gasteiger partial charge in [0.25, 0.3) is 0 Å². The number of carbonyl (C=O) groups excluding carboxylic acids is 2. The lowest BCUT2D eigenvalue weighted by Crippen LogP contribution is -2.14. The van der Waals surface area contributed by atoms with Gasteiger partial charge in [0, 0.05) is 11.3 Å². The Kier molecular flexibility index (Phi) is 4.87. The van der Waals surface area contributed by atoms with Gasteiger partial charge in [-0.15, -0.1) is 10.2 Å². The van der Waals surface area contributed by atoms with E-state index >= 15 is 0 Å². The van der Waals surface area contributed by atoms with Gasteiger partial charge in [0.05, 0.1) is 24.2 Å². The first kappa shape index (κ1) is 19.3. The highest BCUT2D eigenvalue weighted by Gasteiger charge is 2.24. The van der Waals surface area contributed by atoms with E-state index in [-0.39, 0.29) is 18.1 Å². The number of nitrogens with one attached hydrogen (secondary N) is 1. The minimum absolute atomic E-state index is 0.0661. The van der Waals surface area contributed by atoms with E-state index < -0.39 is 5.25 Å². The monoisotopic (exact) mass is 432 g/mol. The maximum absolute atomic E-state index is 13.0. The third-order valence-electron chi connectivity index (χ3n) is 4.84. The van der Waals surface area contributed by atoms with Crippen LogP contribution in [0.2, 0.25) is 0 Å². The van der Waals surface area contributed by atoms with Crippen LogP contribution in [-0.4, -0.2) is 32.1 Å². The lowest BCUT2D eigenvalue weighted by Gasteiger charge is -2.11. The van der Waals surface area contributed by atoms with Gasteiger partial charge in [0.15, 0.2) is 23.0 Å². The van der Waals surface area contributed by atoms with Crippen molar-refractivity contribution in [2.75, 3.05) is 5.32 Å². The van der Waals surface area contributed by atoms with Crippen LogP contribution >= 0.6 is 11.8 Å². The fourth-order valence-corrected chi connectivity index (χ4v) is 4.15. The summed E-state index contributed by atoms with van der Waals surface area (Å²) in [4.78, 5) is 29.1. The summed E-state index contributed by atoms with van der Waals surface area (Å²) in [5, 5.41) is 11.1. The van der Waals surface area contributed by atoms with Gasteiger partial charge < -0.3 is 14.2 Å². The zero-order chi connectivity index (χ0) is 21.4. The molecule has 1 aromatic carbocycles. The normalized spacial score (nSPS) is 13.6. The number of hydrogen-bond acceptors (Lipinski definition) is 8. The molecule has 1 aliphatic heterocycles. The van der Waals surface area contributed by atoms with Crippen LogP contribution in [0.15, 0.2) is 69.0 Å². The molecule has 5 rings (SSSR count). The Bertz CT molecular complexity index is 1270. The molecular formula is C22H16N4O4S. The second kappa shape index (κ2) is 7.84. The fourth-order valence-electron chi connectivity index (χ4n) is 3.35. The predicted octanol–water partition coefficient (Wildman–Crippen LogP) is 4.25. The van der Waals surface area contributed by atoms with Gasteiger partial charge in [-0.2, -0.15) is 0 Å². The van der Waals surface area contributed by atoms with Gasteiger partial charge in [-0.05, 0) is 55.0 Å². The Labute approximate surface area is 181 Å². The minimum Gasteiger partial charge on any atom is -0.463 e. The smallest absolute Gasteiger partial charge is 0.228 e. The van der Waals surface area contributed by atoms with Crippen molar-refractivity contribution in [2.45, 2.75) is 23.8 Å². The first-order chi connectivity index (χ1) is 15.1. The number of benzene rings is 1. The number of amides is 1. The summed E-state index contributed by atoms with van der Waals surface area (Å²) in [5.41, 5.74) is 3.07. The molecule has 1 amide bonds. The standard InChI is InChI=1S/C22H16N4O4S/c1-12(21(28)13-6-7-15-14(10-13)11-18(27)23-15)31-22-24-19(16-4-2-8-29-16)20(25-26-22)17-5-3-9-30-17/h2-10,12H,11H2,1H3,(H,23,27)/t12-/m1/s1. The van der Waals surface area contributed by atoms with Crippen molar-refractivity contribution in [3.63, 3.8) is 0 Å². The van der Waals surface area contributed by atoms with E-state index in [0.717, 1.165) is 11.3 Å². The molecule has 0 bridgehead atoms. The molecule has 9 heteroatoms. The number of rotatable bonds is 6. The van der Waals surface area contributed by atoms with Crippen molar-refractivity contribution in [3.8, 4) is 22.9 Å². The van der Waals surface area contributed by atoms with Crippen LogP contribution in [0, 0.1) is 0 Å². The first-order valence-corrected chi connectivity index (χ1v) is 10.4. The molecule has 0 fully saturated rings. The molecular weight excluding hydrogens is 416 g/mol. The molecule has 8 nitrogen and oxygen atoms in total. The average molecular weight is 432 g/mol. The van der Waals surface area contributed by atoms with Crippen LogP contribution < -0.4 is 5.32 Å². The van der Waals surface area contributed by atoms with Gasteiger partial charge in [-0.25, -0.2) is 4.98 Å². The van der Waals surface area contributed by atoms with E-state index in [1.165, 1.54) is 11.8 Å². The van der Waals surface area contributed by atoms with Crippen molar-refractivity contribution in [3.05, 3.63) is 66.1 Å². The van der Waals surface area contributed by atoms with Gasteiger partial charge >= 0.3 is 0 Å². The topological polar surface area (TPSA) is 111 Å². The molecule has 4 heterocycles. The quantitative estimate of drug-likeness (QED) is 0.356. The summed E-state index contributed by atoms with van der Waals surface area (Å²) in [5.74, 6) is 0.903. The maximum Gasteiger partial charge on any atom is 0.228 e. The minimum atomic E-state index is -0.455. The molecule has 0 aliphatic carbocycles. The van der Waals surface area contributed by atoms with Crippen molar-refractivity contribution < 1.29 is 18.4 Å². The van der Waals surface area contributed by atoms with Crippen LogP contribution in [0.3, 0.4) is 0 Å². The first-order valence-electron chi connectivity index (χ1n) is 9.54. The molecule has 0 spiro atoms. The number of aromatic nitrogens is 3. The molecule has 1 atom stereocenters. The average Bonchev–Trinajstić information content (AvgIpc) is 3.53. The van der Waals surface area contributed by atoms with E-state index in [2.05, 4.69) is 20.5 Å².